The molecule has 1 heterocycles. The molecule has 21 heavy (non-hydrogen) atoms. The molecule has 1 atom stereocenters. The molecule has 1 amide bonds. The monoisotopic (exact) mass is 312 g/mol. The minimum atomic E-state index is 0. The molecule has 1 aromatic rings. The lowest BCUT2D eigenvalue weighted by Crippen LogP contribution is -2.32. The number of methoxy groups -OCH3 is 1. The average molecular weight is 313 g/mol. The second kappa shape index (κ2) is 8.90. The van der Waals surface area contributed by atoms with E-state index in [0.717, 1.165) is 37.4 Å². The van der Waals surface area contributed by atoms with Crippen LogP contribution in [0.15, 0.2) is 24.3 Å². The fourth-order valence-corrected chi connectivity index (χ4v) is 2.59. The quantitative estimate of drug-likeness (QED) is 0.877. The molecule has 0 aliphatic carbocycles. The number of carbonyl (C=O) groups is 1. The van der Waals surface area contributed by atoms with E-state index < -0.39 is 0 Å². The molecular weight excluding hydrogens is 288 g/mol. The number of nitrogens with zero attached hydrogens (tertiary/aromatic N) is 1. The first-order chi connectivity index (χ1) is 9.72. The minimum Gasteiger partial charge on any atom is -0.497 e. The van der Waals surface area contributed by atoms with Crippen LogP contribution in [-0.4, -0.2) is 37.6 Å². The lowest BCUT2D eigenvalue weighted by Gasteiger charge is -2.22. The summed E-state index contributed by atoms with van der Waals surface area (Å²) in [5, 5.41) is 3.31. The lowest BCUT2D eigenvalue weighted by molar-refractivity contribution is -0.132. The molecule has 5 heteroatoms. The molecule has 0 aromatic heterocycles. The van der Waals surface area contributed by atoms with E-state index in [4.69, 9.17) is 4.74 Å². The molecule has 0 saturated carbocycles. The topological polar surface area (TPSA) is 41.6 Å². The highest BCUT2D eigenvalue weighted by Gasteiger charge is 2.21. The van der Waals surface area contributed by atoms with Crippen LogP contribution in [0.2, 0.25) is 0 Å². The summed E-state index contributed by atoms with van der Waals surface area (Å²) in [6.07, 6.45) is 1.78. The van der Waals surface area contributed by atoms with Crippen molar-refractivity contribution in [3.63, 3.8) is 0 Å². The van der Waals surface area contributed by atoms with Crippen molar-refractivity contribution in [1.29, 1.82) is 0 Å². The number of ether oxygens (including phenoxy) is 1. The second-order valence-electron chi connectivity index (χ2n) is 5.32. The molecule has 4 nitrogen and oxygen atoms in total. The molecule has 1 N–H and O–H groups in total. The van der Waals surface area contributed by atoms with Gasteiger partial charge in [-0.3, -0.25) is 4.79 Å². The van der Waals surface area contributed by atoms with Crippen molar-refractivity contribution in [3.8, 4) is 5.75 Å². The zero-order chi connectivity index (χ0) is 14.4. The van der Waals surface area contributed by atoms with Gasteiger partial charge in [0.1, 0.15) is 5.75 Å². The molecule has 1 aromatic carbocycles. The van der Waals surface area contributed by atoms with Crippen LogP contribution in [0, 0.1) is 5.92 Å². The van der Waals surface area contributed by atoms with E-state index in [0.29, 0.717) is 18.9 Å². The SMILES string of the molecule is CCN(Cc1ccc(OC)cc1)C(=O)CC1CCNC1.Cl. The van der Waals surface area contributed by atoms with Crippen molar-refractivity contribution in [3.05, 3.63) is 29.8 Å². The highest BCUT2D eigenvalue weighted by atomic mass is 35.5. The van der Waals surface area contributed by atoms with Gasteiger partial charge in [0.15, 0.2) is 0 Å². The largest absolute Gasteiger partial charge is 0.497 e. The summed E-state index contributed by atoms with van der Waals surface area (Å²) in [7, 11) is 1.66. The van der Waals surface area contributed by atoms with Gasteiger partial charge in [-0.15, -0.1) is 12.4 Å². The van der Waals surface area contributed by atoms with Gasteiger partial charge in [-0.25, -0.2) is 0 Å². The van der Waals surface area contributed by atoms with Crippen molar-refractivity contribution in [1.82, 2.24) is 10.2 Å². The van der Waals surface area contributed by atoms with Crippen LogP contribution in [0.5, 0.6) is 5.75 Å². The Kier molecular flexibility index (Phi) is 7.54. The Bertz CT molecular complexity index is 430. The Hall–Kier alpha value is -1.26. The molecule has 1 unspecified atom stereocenters. The zero-order valence-electron chi connectivity index (χ0n) is 12.8. The number of carbonyl (C=O) groups excluding carboxylic acids is 1. The van der Waals surface area contributed by atoms with Crippen LogP contribution < -0.4 is 10.1 Å². The van der Waals surface area contributed by atoms with Gasteiger partial charge >= 0.3 is 0 Å². The van der Waals surface area contributed by atoms with Crippen LogP contribution in [-0.2, 0) is 11.3 Å². The number of halogens is 1. The van der Waals surface area contributed by atoms with E-state index in [9.17, 15) is 4.79 Å². The predicted octanol–water partition coefficient (Wildman–Crippen LogP) is 2.47. The molecule has 1 aliphatic heterocycles. The summed E-state index contributed by atoms with van der Waals surface area (Å²) in [5.74, 6) is 1.62. The number of nitrogens with one attached hydrogen (secondary N) is 1. The summed E-state index contributed by atoms with van der Waals surface area (Å²) in [5.41, 5.74) is 1.14. The molecule has 0 bridgehead atoms. The number of hydrogen-bond acceptors (Lipinski definition) is 3. The van der Waals surface area contributed by atoms with Crippen LogP contribution in [0.4, 0.5) is 0 Å². The Morgan fingerprint density at radius 3 is 2.62 bits per heavy atom. The molecule has 1 aliphatic rings. The van der Waals surface area contributed by atoms with Gasteiger partial charge in [0.2, 0.25) is 5.91 Å². The van der Waals surface area contributed by atoms with Gasteiger partial charge in [0.05, 0.1) is 7.11 Å². The van der Waals surface area contributed by atoms with Crippen LogP contribution in [0.25, 0.3) is 0 Å². The fourth-order valence-electron chi connectivity index (χ4n) is 2.59. The highest BCUT2D eigenvalue weighted by Crippen LogP contribution is 2.17. The first kappa shape index (κ1) is 17.8. The van der Waals surface area contributed by atoms with Crippen molar-refractivity contribution in [2.24, 2.45) is 5.92 Å². The normalized spacial score (nSPS) is 17.1. The molecule has 0 radical (unpaired) electrons. The maximum Gasteiger partial charge on any atom is 0.223 e. The maximum absolute atomic E-state index is 12.3. The lowest BCUT2D eigenvalue weighted by atomic mass is 10.0. The fraction of sp³-hybridized carbons (Fsp3) is 0.562. The number of amides is 1. The van der Waals surface area contributed by atoms with E-state index in [1.807, 2.05) is 36.1 Å². The molecule has 1 fully saturated rings. The van der Waals surface area contributed by atoms with E-state index in [1.165, 1.54) is 0 Å². The van der Waals surface area contributed by atoms with Crippen molar-refractivity contribution in [2.45, 2.75) is 26.3 Å². The van der Waals surface area contributed by atoms with E-state index in [2.05, 4.69) is 5.32 Å². The Morgan fingerprint density at radius 1 is 1.38 bits per heavy atom. The predicted molar refractivity (Wildman–Crippen MR) is 86.9 cm³/mol. The standard InChI is InChI=1S/C16H24N2O2.ClH/c1-3-18(16(19)10-14-8-9-17-11-14)12-13-4-6-15(20-2)7-5-13;/h4-7,14,17H,3,8-12H2,1-2H3;1H. The Balaban J connectivity index is 0.00000220. The molecule has 118 valence electrons. The van der Waals surface area contributed by atoms with E-state index >= 15 is 0 Å². The highest BCUT2D eigenvalue weighted by molar-refractivity contribution is 5.85. The first-order valence-corrected chi connectivity index (χ1v) is 7.34. The second-order valence-corrected chi connectivity index (χ2v) is 5.32. The summed E-state index contributed by atoms with van der Waals surface area (Å²) >= 11 is 0. The third-order valence-corrected chi connectivity index (χ3v) is 3.89. The van der Waals surface area contributed by atoms with Gasteiger partial charge in [0, 0.05) is 19.5 Å². The van der Waals surface area contributed by atoms with Gasteiger partial charge in [-0.05, 0) is 50.0 Å². The van der Waals surface area contributed by atoms with Gasteiger partial charge < -0.3 is 15.0 Å². The maximum atomic E-state index is 12.3. The van der Waals surface area contributed by atoms with Gasteiger partial charge in [-0.2, -0.15) is 0 Å². The molecule has 2 rings (SSSR count). The summed E-state index contributed by atoms with van der Waals surface area (Å²) < 4.78 is 5.15. The smallest absolute Gasteiger partial charge is 0.223 e. The van der Waals surface area contributed by atoms with Gasteiger partial charge in [0.25, 0.3) is 0 Å². The first-order valence-electron chi connectivity index (χ1n) is 7.34. The van der Waals surface area contributed by atoms with Crippen LogP contribution in [0.1, 0.15) is 25.3 Å². The number of benzene rings is 1. The van der Waals surface area contributed by atoms with Crippen LogP contribution in [0.3, 0.4) is 0 Å². The number of hydrogen-bond donors (Lipinski definition) is 1. The van der Waals surface area contributed by atoms with E-state index in [1.54, 1.807) is 7.11 Å². The summed E-state index contributed by atoms with van der Waals surface area (Å²) in [6.45, 7) is 5.49. The summed E-state index contributed by atoms with van der Waals surface area (Å²) in [6, 6.07) is 7.92. The number of rotatable bonds is 6. The summed E-state index contributed by atoms with van der Waals surface area (Å²) in [4.78, 5) is 14.3. The van der Waals surface area contributed by atoms with E-state index in [-0.39, 0.29) is 18.3 Å². The Labute approximate surface area is 133 Å². The zero-order valence-corrected chi connectivity index (χ0v) is 13.6. The average Bonchev–Trinajstić information content (AvgIpc) is 2.98. The third-order valence-electron chi connectivity index (χ3n) is 3.89. The van der Waals surface area contributed by atoms with Crippen molar-refractivity contribution >= 4 is 18.3 Å². The van der Waals surface area contributed by atoms with Gasteiger partial charge in [-0.1, -0.05) is 12.1 Å². The van der Waals surface area contributed by atoms with Crippen LogP contribution >= 0.6 is 12.4 Å². The minimum absolute atomic E-state index is 0. The Morgan fingerprint density at radius 2 is 2.10 bits per heavy atom. The van der Waals surface area contributed by atoms with Crippen molar-refractivity contribution in [2.75, 3.05) is 26.7 Å². The molecule has 1 saturated heterocycles. The third kappa shape index (κ3) is 5.21. The van der Waals surface area contributed by atoms with Crippen molar-refractivity contribution < 1.29 is 9.53 Å². The molecule has 0 spiro atoms. The molecular formula is C16H25ClN2O2.